The number of carbonyl (C=O) groups excluding carboxylic acids is 1. The topological polar surface area (TPSA) is 46.2 Å². The van der Waals surface area contributed by atoms with Gasteiger partial charge < -0.3 is 4.74 Å². The monoisotopic (exact) mass is 351 g/mol. The van der Waals surface area contributed by atoms with Crippen LogP contribution in [0.3, 0.4) is 0 Å². The third kappa shape index (κ3) is 4.87. The van der Waals surface area contributed by atoms with Gasteiger partial charge in [0.25, 0.3) is 0 Å². The van der Waals surface area contributed by atoms with Gasteiger partial charge in [-0.3, -0.25) is 5.11 Å². The molecule has 0 atom stereocenters. The van der Waals surface area contributed by atoms with E-state index in [0.717, 1.165) is 32.1 Å². The first-order chi connectivity index (χ1) is 12.7. The molecule has 0 aromatic heterocycles. The van der Waals surface area contributed by atoms with E-state index in [2.05, 4.69) is 31.2 Å². The molecule has 3 heteroatoms. The maximum Gasteiger partial charge on any atom is 0.338 e. The van der Waals surface area contributed by atoms with E-state index >= 15 is 0 Å². The molecule has 3 nitrogen and oxygen atoms in total. The molecular formula is C23H27O3. The molecule has 0 unspecified atom stereocenters. The highest BCUT2D eigenvalue weighted by atomic mass is 16.5. The van der Waals surface area contributed by atoms with E-state index in [1.54, 1.807) is 0 Å². The second-order valence-corrected chi connectivity index (χ2v) is 7.25. The van der Waals surface area contributed by atoms with E-state index < -0.39 is 0 Å². The number of hydrogen-bond acceptors (Lipinski definition) is 2. The van der Waals surface area contributed by atoms with Crippen molar-refractivity contribution in [2.45, 2.75) is 63.9 Å². The molecule has 1 aliphatic rings. The van der Waals surface area contributed by atoms with Gasteiger partial charge in [0, 0.05) is 0 Å². The van der Waals surface area contributed by atoms with Crippen LogP contribution in [0.4, 0.5) is 0 Å². The first-order valence-electron chi connectivity index (χ1n) is 9.72. The summed E-state index contributed by atoms with van der Waals surface area (Å²) in [4.78, 5) is 12.2. The van der Waals surface area contributed by atoms with E-state index in [0.29, 0.717) is 11.5 Å². The van der Waals surface area contributed by atoms with Crippen LogP contribution in [0.15, 0.2) is 48.5 Å². The van der Waals surface area contributed by atoms with Gasteiger partial charge in [0.1, 0.15) is 6.10 Å². The van der Waals surface area contributed by atoms with E-state index in [1.807, 2.05) is 0 Å². The highest BCUT2D eigenvalue weighted by Crippen LogP contribution is 2.34. The van der Waals surface area contributed by atoms with Gasteiger partial charge in [-0.2, -0.15) is 0 Å². The molecule has 0 heterocycles. The summed E-state index contributed by atoms with van der Waals surface area (Å²) < 4.78 is 5.62. The van der Waals surface area contributed by atoms with Crippen molar-refractivity contribution in [3.8, 4) is 5.75 Å². The Hall–Kier alpha value is -2.29. The molecule has 1 aliphatic carbocycles. The summed E-state index contributed by atoms with van der Waals surface area (Å²) in [5, 5.41) is 11.1. The Morgan fingerprint density at radius 1 is 0.962 bits per heavy atom. The molecule has 2 aromatic carbocycles. The summed E-state index contributed by atoms with van der Waals surface area (Å²) in [5.41, 5.74) is 3.28. The van der Waals surface area contributed by atoms with Crippen molar-refractivity contribution in [3.63, 3.8) is 0 Å². The lowest BCUT2D eigenvalue weighted by Crippen LogP contribution is -2.23. The van der Waals surface area contributed by atoms with Gasteiger partial charge in [-0.15, -0.1) is 0 Å². The molecule has 1 radical (unpaired) electrons. The molecule has 0 N–H and O–H groups in total. The molecule has 0 saturated heterocycles. The molecular weight excluding hydrogens is 324 g/mol. The Balaban J connectivity index is 1.49. The number of hydrogen-bond donors (Lipinski definition) is 0. The Morgan fingerprint density at radius 2 is 1.62 bits per heavy atom. The van der Waals surface area contributed by atoms with Crippen molar-refractivity contribution in [1.82, 2.24) is 0 Å². The van der Waals surface area contributed by atoms with Crippen LogP contribution in [-0.4, -0.2) is 12.1 Å². The van der Waals surface area contributed by atoms with E-state index in [4.69, 9.17) is 4.74 Å². The van der Waals surface area contributed by atoms with Crippen LogP contribution in [0.2, 0.25) is 0 Å². The Bertz CT molecular complexity index is 695. The van der Waals surface area contributed by atoms with Gasteiger partial charge in [0.05, 0.1) is 5.56 Å². The number of ether oxygens (including phenoxy) is 1. The predicted octanol–water partition coefficient (Wildman–Crippen LogP) is 6.06. The number of carbonyl (C=O) groups is 1. The van der Waals surface area contributed by atoms with Gasteiger partial charge in [-0.05, 0) is 79.8 Å². The van der Waals surface area contributed by atoms with E-state index in [9.17, 15) is 9.90 Å². The van der Waals surface area contributed by atoms with Crippen molar-refractivity contribution in [2.75, 3.05) is 0 Å². The Labute approximate surface area is 156 Å². The second-order valence-electron chi connectivity index (χ2n) is 7.25. The molecule has 2 aromatic rings. The standard InChI is InChI=1S/C23H27O3/c1-2-3-4-17-5-7-18(8-6-17)19-11-15-22(16-12-19)26-23(25)20-9-13-21(24)14-10-20/h5-10,13-14,19,22H,2-4,11-12,15-16H2,1H3. The zero-order chi connectivity index (χ0) is 18.4. The van der Waals surface area contributed by atoms with Gasteiger partial charge in [0.2, 0.25) is 0 Å². The van der Waals surface area contributed by atoms with Crippen LogP contribution in [0.1, 0.15) is 72.9 Å². The summed E-state index contributed by atoms with van der Waals surface area (Å²) in [7, 11) is 0. The molecule has 0 amide bonds. The quantitative estimate of drug-likeness (QED) is 0.594. The Kier molecular flexibility index (Phi) is 6.32. The maximum atomic E-state index is 12.2. The Morgan fingerprint density at radius 3 is 2.23 bits per heavy atom. The molecule has 137 valence electrons. The van der Waals surface area contributed by atoms with Crippen LogP contribution in [0.5, 0.6) is 5.75 Å². The minimum atomic E-state index is -0.325. The van der Waals surface area contributed by atoms with Crippen LogP contribution in [0.25, 0.3) is 0 Å². The van der Waals surface area contributed by atoms with E-state index in [1.165, 1.54) is 48.2 Å². The zero-order valence-corrected chi connectivity index (χ0v) is 15.4. The average Bonchev–Trinajstić information content (AvgIpc) is 2.68. The fourth-order valence-electron chi connectivity index (χ4n) is 3.66. The smallest absolute Gasteiger partial charge is 0.338 e. The van der Waals surface area contributed by atoms with Gasteiger partial charge >= 0.3 is 5.97 Å². The van der Waals surface area contributed by atoms with Crippen molar-refractivity contribution in [1.29, 1.82) is 0 Å². The summed E-state index contributed by atoms with van der Waals surface area (Å²) >= 11 is 0. The van der Waals surface area contributed by atoms with Gasteiger partial charge in [0.15, 0.2) is 5.75 Å². The van der Waals surface area contributed by atoms with Gasteiger partial charge in [-0.1, -0.05) is 37.6 Å². The minimum Gasteiger partial charge on any atom is -0.459 e. The van der Waals surface area contributed by atoms with Crippen LogP contribution in [-0.2, 0) is 16.3 Å². The zero-order valence-electron chi connectivity index (χ0n) is 15.4. The highest BCUT2D eigenvalue weighted by molar-refractivity contribution is 5.89. The molecule has 0 aliphatic heterocycles. The number of aryl methyl sites for hydroxylation is 1. The largest absolute Gasteiger partial charge is 0.459 e. The SMILES string of the molecule is CCCCc1ccc(C2CCC(OC(=O)c3ccc([O])cc3)CC2)cc1. The lowest BCUT2D eigenvalue weighted by Gasteiger charge is -2.28. The van der Waals surface area contributed by atoms with Crippen molar-refractivity contribution < 1.29 is 14.6 Å². The highest BCUT2D eigenvalue weighted by Gasteiger charge is 2.25. The number of rotatable bonds is 6. The fourth-order valence-corrected chi connectivity index (χ4v) is 3.66. The maximum absolute atomic E-state index is 12.2. The van der Waals surface area contributed by atoms with Crippen molar-refractivity contribution in [2.24, 2.45) is 0 Å². The fraction of sp³-hybridized carbons (Fsp3) is 0.435. The summed E-state index contributed by atoms with van der Waals surface area (Å²) in [6.45, 7) is 2.22. The summed E-state index contributed by atoms with van der Waals surface area (Å²) in [6, 6.07) is 14.9. The molecule has 0 spiro atoms. The normalized spacial score (nSPS) is 19.9. The minimum absolute atomic E-state index is 0.0190. The first-order valence-corrected chi connectivity index (χ1v) is 9.72. The molecule has 1 fully saturated rings. The predicted molar refractivity (Wildman–Crippen MR) is 102 cm³/mol. The van der Waals surface area contributed by atoms with Crippen LogP contribution >= 0.6 is 0 Å². The first kappa shape index (κ1) is 18.5. The van der Waals surface area contributed by atoms with Crippen molar-refractivity contribution >= 4 is 5.97 Å². The number of esters is 1. The van der Waals surface area contributed by atoms with Crippen LogP contribution < -0.4 is 0 Å². The molecule has 26 heavy (non-hydrogen) atoms. The molecule has 0 bridgehead atoms. The van der Waals surface area contributed by atoms with Gasteiger partial charge in [-0.25, -0.2) is 4.79 Å². The summed E-state index contributed by atoms with van der Waals surface area (Å²) in [6.07, 6.45) is 7.50. The average molecular weight is 351 g/mol. The molecule has 1 saturated carbocycles. The third-order valence-corrected chi connectivity index (χ3v) is 5.31. The number of benzene rings is 2. The lowest BCUT2D eigenvalue weighted by atomic mass is 9.82. The van der Waals surface area contributed by atoms with Crippen LogP contribution in [0, 0.1) is 0 Å². The third-order valence-electron chi connectivity index (χ3n) is 5.31. The number of unbranched alkanes of at least 4 members (excludes halogenated alkanes) is 1. The lowest BCUT2D eigenvalue weighted by molar-refractivity contribution is 0.0195. The second kappa shape index (κ2) is 8.88. The summed E-state index contributed by atoms with van der Waals surface area (Å²) in [5.74, 6) is 0.140. The van der Waals surface area contributed by atoms with Crippen molar-refractivity contribution in [3.05, 3.63) is 65.2 Å². The molecule has 3 rings (SSSR count). The van der Waals surface area contributed by atoms with E-state index in [-0.39, 0.29) is 17.8 Å².